The third-order valence-electron chi connectivity index (χ3n) is 4.98. The van der Waals surface area contributed by atoms with E-state index in [2.05, 4.69) is 51.6 Å². The van der Waals surface area contributed by atoms with Crippen molar-refractivity contribution in [2.24, 2.45) is 5.73 Å². The Morgan fingerprint density at radius 1 is 1.07 bits per heavy atom. The Labute approximate surface area is 165 Å². The predicted molar refractivity (Wildman–Crippen MR) is 112 cm³/mol. The van der Waals surface area contributed by atoms with E-state index in [4.69, 9.17) is 5.73 Å². The summed E-state index contributed by atoms with van der Waals surface area (Å²) < 4.78 is 1.14. The largest absolute Gasteiger partial charge is 0.507 e. The quantitative estimate of drug-likeness (QED) is 0.643. The van der Waals surface area contributed by atoms with Crippen molar-refractivity contribution in [3.05, 3.63) is 41.1 Å². The van der Waals surface area contributed by atoms with Gasteiger partial charge in [0.2, 0.25) is 0 Å². The number of fused-ring (bicyclic) bond motifs is 1. The summed E-state index contributed by atoms with van der Waals surface area (Å²) in [6.07, 6.45) is 1.64. The van der Waals surface area contributed by atoms with Gasteiger partial charge < -0.3 is 10.8 Å². The van der Waals surface area contributed by atoms with E-state index in [1.54, 1.807) is 6.20 Å². The van der Waals surface area contributed by atoms with Gasteiger partial charge in [-0.25, -0.2) is 9.78 Å². The molecule has 0 saturated heterocycles. The van der Waals surface area contributed by atoms with Crippen LogP contribution in [0.5, 0.6) is 5.75 Å². The lowest BCUT2D eigenvalue weighted by atomic mass is 9.78. The van der Waals surface area contributed by atoms with Crippen LogP contribution in [0.1, 0.15) is 58.2 Å². The Morgan fingerprint density at radius 2 is 1.61 bits per heavy atom. The lowest BCUT2D eigenvalue weighted by Crippen LogP contribution is -2.21. The lowest BCUT2D eigenvalue weighted by Gasteiger charge is -2.28. The fourth-order valence-corrected chi connectivity index (χ4v) is 3.46. The molecule has 0 unspecified atom stereocenters. The molecule has 0 saturated carbocycles. The molecule has 2 heterocycles. The van der Waals surface area contributed by atoms with E-state index in [1.165, 1.54) is 0 Å². The van der Waals surface area contributed by atoms with E-state index in [0.717, 1.165) is 32.3 Å². The van der Waals surface area contributed by atoms with E-state index in [0.29, 0.717) is 17.1 Å². The maximum absolute atomic E-state index is 11.9. The number of phenols is 1. The number of carbonyl (C=O) groups is 1. The third kappa shape index (κ3) is 3.23. The van der Waals surface area contributed by atoms with Gasteiger partial charge in [-0.1, -0.05) is 41.5 Å². The van der Waals surface area contributed by atoms with Crippen molar-refractivity contribution in [2.75, 3.05) is 0 Å². The summed E-state index contributed by atoms with van der Waals surface area (Å²) >= 11 is 0. The van der Waals surface area contributed by atoms with E-state index in [9.17, 15) is 9.90 Å². The Morgan fingerprint density at radius 3 is 2.07 bits per heavy atom. The number of hydrogen-bond acceptors (Lipinski definition) is 4. The fourth-order valence-electron chi connectivity index (χ4n) is 3.46. The van der Waals surface area contributed by atoms with Crippen molar-refractivity contribution in [3.8, 4) is 17.0 Å². The number of aromatic hydroxyl groups is 1. The molecular formula is C22H28N4O2. The van der Waals surface area contributed by atoms with Crippen molar-refractivity contribution < 1.29 is 9.90 Å². The average molecular weight is 380 g/mol. The SMILES string of the molecule is Cc1ccnc2c1c(-c1cc(C(C)(C)C)c(O)c(C(C)(C)C)c1)nn2C(N)=O. The van der Waals surface area contributed by atoms with E-state index in [1.807, 2.05) is 25.1 Å². The van der Waals surface area contributed by atoms with Gasteiger partial charge in [-0.2, -0.15) is 9.78 Å². The van der Waals surface area contributed by atoms with Crippen LogP contribution < -0.4 is 5.73 Å². The highest BCUT2D eigenvalue weighted by Gasteiger charge is 2.28. The second-order valence-corrected chi connectivity index (χ2v) is 9.35. The molecule has 148 valence electrons. The summed E-state index contributed by atoms with van der Waals surface area (Å²) in [5.41, 5.74) is 9.50. The molecule has 6 nitrogen and oxygen atoms in total. The number of aromatic nitrogens is 3. The minimum absolute atomic E-state index is 0.268. The first kappa shape index (κ1) is 19.9. The van der Waals surface area contributed by atoms with Crippen LogP contribution in [0.2, 0.25) is 0 Å². The third-order valence-corrected chi connectivity index (χ3v) is 4.98. The summed E-state index contributed by atoms with van der Waals surface area (Å²) in [6.45, 7) is 14.3. The molecule has 0 spiro atoms. The molecule has 28 heavy (non-hydrogen) atoms. The minimum Gasteiger partial charge on any atom is -0.507 e. The van der Waals surface area contributed by atoms with Crippen LogP contribution in [0.3, 0.4) is 0 Å². The van der Waals surface area contributed by atoms with Gasteiger partial charge in [0.1, 0.15) is 11.4 Å². The fraction of sp³-hybridized carbons (Fsp3) is 0.409. The van der Waals surface area contributed by atoms with Gasteiger partial charge in [0.05, 0.1) is 5.39 Å². The molecule has 3 rings (SSSR count). The Kier molecular flexibility index (Phi) is 4.49. The Hall–Kier alpha value is -2.89. The second-order valence-electron chi connectivity index (χ2n) is 9.35. The minimum atomic E-state index is -0.680. The van der Waals surface area contributed by atoms with Crippen LogP contribution in [0.15, 0.2) is 24.4 Å². The molecule has 0 aliphatic heterocycles. The first-order valence-corrected chi connectivity index (χ1v) is 9.35. The summed E-state index contributed by atoms with van der Waals surface area (Å²) in [7, 11) is 0. The maximum atomic E-state index is 11.9. The number of hydrogen-bond donors (Lipinski definition) is 2. The van der Waals surface area contributed by atoms with Crippen LogP contribution >= 0.6 is 0 Å². The number of phenolic OH excluding ortho intramolecular Hbond substituents is 1. The zero-order chi connectivity index (χ0) is 21.0. The number of aryl methyl sites for hydroxylation is 1. The van der Waals surface area contributed by atoms with E-state index in [-0.39, 0.29) is 10.8 Å². The molecule has 0 bridgehead atoms. The van der Waals surface area contributed by atoms with E-state index < -0.39 is 6.03 Å². The van der Waals surface area contributed by atoms with Crippen molar-refractivity contribution in [3.63, 3.8) is 0 Å². The summed E-state index contributed by atoms with van der Waals surface area (Å²) in [5.74, 6) is 0.303. The van der Waals surface area contributed by atoms with Crippen molar-refractivity contribution in [2.45, 2.75) is 59.3 Å². The number of nitrogens with two attached hydrogens (primary N) is 1. The topological polar surface area (TPSA) is 94.0 Å². The number of nitrogens with zero attached hydrogens (tertiary/aromatic N) is 3. The van der Waals surface area contributed by atoms with Gasteiger partial charge in [-0.05, 0) is 41.5 Å². The summed E-state index contributed by atoms with van der Waals surface area (Å²) in [6, 6.07) is 5.10. The van der Waals surface area contributed by atoms with E-state index >= 15 is 0 Å². The number of benzene rings is 1. The molecule has 1 amide bonds. The highest BCUT2D eigenvalue weighted by molar-refractivity contribution is 5.98. The van der Waals surface area contributed by atoms with Crippen LogP contribution in [-0.2, 0) is 10.8 Å². The second kappa shape index (κ2) is 6.33. The zero-order valence-electron chi connectivity index (χ0n) is 17.6. The number of amides is 1. The van der Waals surface area contributed by atoms with Crippen molar-refractivity contribution in [1.82, 2.24) is 14.8 Å². The molecule has 1 aromatic carbocycles. The predicted octanol–water partition coefficient (Wildman–Crippen LogP) is 4.63. The van der Waals surface area contributed by atoms with Crippen LogP contribution in [0.4, 0.5) is 4.79 Å². The van der Waals surface area contributed by atoms with Crippen LogP contribution in [0.25, 0.3) is 22.3 Å². The molecule has 0 aliphatic rings. The molecule has 0 atom stereocenters. The molecule has 0 fully saturated rings. The Bertz CT molecular complexity index is 1050. The number of primary amides is 1. The smallest absolute Gasteiger partial charge is 0.341 e. The summed E-state index contributed by atoms with van der Waals surface area (Å²) in [4.78, 5) is 16.2. The van der Waals surface area contributed by atoms with Gasteiger partial charge in [0.25, 0.3) is 0 Å². The average Bonchev–Trinajstić information content (AvgIpc) is 2.94. The zero-order valence-corrected chi connectivity index (χ0v) is 17.6. The molecule has 0 radical (unpaired) electrons. The molecule has 3 N–H and O–H groups in total. The molecule has 6 heteroatoms. The molecule has 3 aromatic rings. The Balaban J connectivity index is 2.44. The maximum Gasteiger partial charge on any atom is 0.341 e. The molecular weight excluding hydrogens is 352 g/mol. The highest BCUT2D eigenvalue weighted by Crippen LogP contribution is 2.43. The van der Waals surface area contributed by atoms with Gasteiger partial charge in [-0.3, -0.25) is 0 Å². The van der Waals surface area contributed by atoms with Gasteiger partial charge in [0.15, 0.2) is 5.65 Å². The normalized spacial score (nSPS) is 12.5. The van der Waals surface area contributed by atoms with Crippen molar-refractivity contribution >= 4 is 17.1 Å². The number of carbonyl (C=O) groups excluding carboxylic acids is 1. The standard InChI is InChI=1S/C22H28N4O2/c1-12-8-9-24-19-16(12)17(25-26(19)20(23)28)13-10-14(21(2,3)4)18(27)15(11-13)22(5,6)7/h8-11,27H,1-7H3,(H2,23,28). The van der Waals surface area contributed by atoms with Crippen molar-refractivity contribution in [1.29, 1.82) is 0 Å². The summed E-state index contributed by atoms with van der Waals surface area (Å²) in [5, 5.41) is 16.3. The van der Waals surface area contributed by atoms with Crippen LogP contribution in [0, 0.1) is 6.92 Å². The van der Waals surface area contributed by atoms with Crippen LogP contribution in [-0.4, -0.2) is 25.9 Å². The molecule has 0 aliphatic carbocycles. The molecule has 2 aromatic heterocycles. The highest BCUT2D eigenvalue weighted by atomic mass is 16.3. The monoisotopic (exact) mass is 380 g/mol. The van der Waals surface area contributed by atoms with Gasteiger partial charge in [-0.15, -0.1) is 0 Å². The number of pyridine rings is 1. The first-order valence-electron chi connectivity index (χ1n) is 9.35. The first-order chi connectivity index (χ1) is 12.8. The van der Waals surface area contributed by atoms with Gasteiger partial charge >= 0.3 is 6.03 Å². The number of rotatable bonds is 1. The van der Waals surface area contributed by atoms with Gasteiger partial charge in [0, 0.05) is 22.9 Å². The lowest BCUT2D eigenvalue weighted by molar-refractivity contribution is 0.248.